The monoisotopic (exact) mass is 1280 g/mol. The summed E-state index contributed by atoms with van der Waals surface area (Å²) in [5.41, 5.74) is 0.941. The lowest BCUT2D eigenvalue weighted by molar-refractivity contribution is -0.140. The lowest BCUT2D eigenvalue weighted by Crippen LogP contribution is -2.45. The largest absolute Gasteiger partial charge is 0.567 e. The van der Waals surface area contributed by atoms with Gasteiger partial charge in [-0.1, -0.05) is 26.3 Å². The maximum Gasteiger partial charge on any atom is 0.567 e. The molecule has 0 rings (SSSR count). The van der Waals surface area contributed by atoms with Crippen molar-refractivity contribution < 1.29 is 112 Å². The van der Waals surface area contributed by atoms with Gasteiger partial charge in [-0.15, -0.1) is 0 Å². The molecule has 24 nitrogen and oxygen atoms in total. The van der Waals surface area contributed by atoms with E-state index in [4.69, 9.17) is 78.8 Å². The van der Waals surface area contributed by atoms with Gasteiger partial charge in [0.2, 0.25) is 0 Å². The molecular weight excluding hydrogens is 1170 g/mol. The van der Waals surface area contributed by atoms with Gasteiger partial charge in [0.25, 0.3) is 23.8 Å². The van der Waals surface area contributed by atoms with Crippen LogP contribution in [0.4, 0.5) is 0 Å². The molecule has 0 heterocycles. The first kappa shape index (κ1) is 93.1. The standard InChI is InChI=1S/C13H24O6Si.2C9H22O3Si.C7H18O3Si.3C6H8O3/c1-7-17-20(16-6,10-8-9-15-5)19-12(4)18-13(14)11(2)3;2*1-5-11-13(4,12-6-2)9-7-8-10-3;1-8-6-5-7-11(4,9-2)10-3;3*1-4(2)6(8)9-5(3)7/h2,4,7-10H2,1,3,5-6H3;2*5-9H2,1-4H3;5-7H2,1-4H3;3*7H,1,3H2,2H3. The van der Waals surface area contributed by atoms with Gasteiger partial charge in [0.1, 0.15) is 0 Å². The number of esters is 4. The van der Waals surface area contributed by atoms with Crippen molar-refractivity contribution in [2.75, 3.05) is 109 Å². The summed E-state index contributed by atoms with van der Waals surface area (Å²) >= 11 is 0. The second kappa shape index (κ2) is 58.8. The predicted octanol–water partition coefficient (Wildman–Crippen LogP) is 11.4. The highest BCUT2D eigenvalue weighted by molar-refractivity contribution is 6.66. The molecule has 3 N–H and O–H groups in total. The Labute approximate surface area is 508 Å². The molecule has 0 bridgehead atoms. The van der Waals surface area contributed by atoms with Crippen LogP contribution in [0.25, 0.3) is 0 Å². The Kier molecular flexibility index (Phi) is 65.1. The first-order valence-corrected chi connectivity index (χ1v) is 36.4. The zero-order valence-corrected chi connectivity index (χ0v) is 58.6. The number of rotatable bonds is 39. The van der Waals surface area contributed by atoms with Gasteiger partial charge in [0, 0.05) is 138 Å². The van der Waals surface area contributed by atoms with E-state index in [1.165, 1.54) is 34.8 Å². The van der Waals surface area contributed by atoms with E-state index in [0.717, 1.165) is 83.6 Å². The number of ether oxygens (including phenoxy) is 8. The summed E-state index contributed by atoms with van der Waals surface area (Å²) in [7, 11) is 3.19. The Balaban J connectivity index is -0.000000168. The Hall–Kier alpha value is -4.61. The van der Waals surface area contributed by atoms with E-state index in [9.17, 15) is 19.2 Å². The fourth-order valence-electron chi connectivity index (χ4n) is 5.47. The molecule has 1 unspecified atom stereocenters. The highest BCUT2D eigenvalue weighted by Gasteiger charge is 2.43. The Bertz CT molecular complexity index is 1730. The highest BCUT2D eigenvalue weighted by atomic mass is 28.4. The minimum Gasteiger partial charge on any atom is -0.481 e. The van der Waals surface area contributed by atoms with E-state index in [-0.39, 0.29) is 28.2 Å². The van der Waals surface area contributed by atoms with Crippen LogP contribution in [0.2, 0.25) is 43.8 Å². The number of aliphatic hydroxyl groups is 3. The lowest BCUT2D eigenvalue weighted by atomic mass is 10.4. The Morgan fingerprint density at radius 2 is 0.595 bits per heavy atom. The average Bonchev–Trinajstić information content (AvgIpc) is 3.39. The van der Waals surface area contributed by atoms with E-state index < -0.39 is 76.2 Å². The highest BCUT2D eigenvalue weighted by Crippen LogP contribution is 2.22. The van der Waals surface area contributed by atoms with Crippen LogP contribution < -0.4 is 0 Å². The molecule has 1 atom stereocenters. The van der Waals surface area contributed by atoms with Crippen molar-refractivity contribution >= 4 is 58.4 Å². The Morgan fingerprint density at radius 1 is 0.357 bits per heavy atom. The predicted molar refractivity (Wildman–Crippen MR) is 334 cm³/mol. The maximum absolute atomic E-state index is 11.4. The van der Waals surface area contributed by atoms with E-state index in [0.29, 0.717) is 25.7 Å². The summed E-state index contributed by atoms with van der Waals surface area (Å²) < 4.78 is 87.1. The molecular formula is C56H110O24Si4. The molecule has 0 spiro atoms. The summed E-state index contributed by atoms with van der Waals surface area (Å²) in [5, 5.41) is 24.9. The first-order chi connectivity index (χ1) is 39.1. The molecule has 0 fully saturated rings. The molecule has 0 aromatic carbocycles. The second-order valence-corrected chi connectivity index (χ2v) is 30.6. The molecule has 0 aliphatic heterocycles. The lowest BCUT2D eigenvalue weighted by Gasteiger charge is -2.28. The van der Waals surface area contributed by atoms with Crippen LogP contribution in [0.3, 0.4) is 0 Å². The summed E-state index contributed by atoms with van der Waals surface area (Å²) in [4.78, 5) is 42.6. The third-order valence-electron chi connectivity index (χ3n) is 9.61. The number of carbonyl (C=O) groups excluding carboxylic acids is 4. The van der Waals surface area contributed by atoms with Gasteiger partial charge in [-0.05, 0) is 152 Å². The van der Waals surface area contributed by atoms with Gasteiger partial charge in [-0.25, -0.2) is 19.2 Å². The van der Waals surface area contributed by atoms with Crippen molar-refractivity contribution in [3.8, 4) is 0 Å². The molecule has 0 amide bonds. The van der Waals surface area contributed by atoms with Crippen LogP contribution in [0, 0.1) is 0 Å². The van der Waals surface area contributed by atoms with Crippen molar-refractivity contribution in [3.63, 3.8) is 0 Å². The SMILES string of the molecule is C=C(O)OC(=O)C(=C)C.C=C(O)OC(=O)C(=C)C.C=C(O)OC(=O)C(=C)C.C=C(OC(=O)C(=C)C)O[Si](CCCOC)(OC)OCC.CCO[Si](C)(CCCOC)OCC.CCO[Si](C)(CCCOC)OCC.COCCC[Si](C)(OC)OC. The number of carbonyl (C=O) groups is 4. The van der Waals surface area contributed by atoms with Crippen LogP contribution in [-0.4, -0.2) is 183 Å². The van der Waals surface area contributed by atoms with E-state index in [1.54, 1.807) is 42.7 Å². The van der Waals surface area contributed by atoms with Gasteiger partial charge in [0.15, 0.2) is 0 Å². The number of aliphatic hydroxyl groups excluding tert-OH is 3. The zero-order valence-electron chi connectivity index (χ0n) is 54.6. The van der Waals surface area contributed by atoms with Crippen molar-refractivity contribution in [2.45, 2.75) is 132 Å². The molecule has 84 heavy (non-hydrogen) atoms. The minimum absolute atomic E-state index is 0.141. The van der Waals surface area contributed by atoms with Crippen LogP contribution in [0.5, 0.6) is 0 Å². The number of hydrogen-bond donors (Lipinski definition) is 3. The van der Waals surface area contributed by atoms with Gasteiger partial charge in [0.05, 0.1) is 0 Å². The molecule has 0 saturated heterocycles. The molecule has 28 heteroatoms. The number of methoxy groups -OCH3 is 4. The van der Waals surface area contributed by atoms with Crippen LogP contribution >= 0.6 is 0 Å². The van der Waals surface area contributed by atoms with Crippen molar-refractivity contribution in [3.05, 3.63) is 98.7 Å². The fourth-order valence-corrected chi connectivity index (χ4v) is 13.7. The number of hydrogen-bond acceptors (Lipinski definition) is 24. The van der Waals surface area contributed by atoms with Gasteiger partial charge >= 0.3 is 58.4 Å². The fraction of sp³-hybridized carbons (Fsp3) is 0.643. The normalized spacial score (nSPS) is 11.1. The summed E-state index contributed by atoms with van der Waals surface area (Å²) in [6, 6.07) is 3.56. The molecule has 0 aliphatic rings. The van der Waals surface area contributed by atoms with Gasteiger partial charge in [-0.2, -0.15) is 0 Å². The van der Waals surface area contributed by atoms with Crippen molar-refractivity contribution in [1.29, 1.82) is 0 Å². The molecule has 494 valence electrons. The van der Waals surface area contributed by atoms with Gasteiger partial charge < -0.3 is 93.0 Å². The zero-order chi connectivity index (χ0) is 67.0. The maximum atomic E-state index is 11.4. The minimum atomic E-state index is -2.96. The average molecular weight is 1280 g/mol. The molecule has 0 radical (unpaired) electrons. The van der Waals surface area contributed by atoms with Crippen LogP contribution in [0.1, 0.15) is 88.0 Å². The van der Waals surface area contributed by atoms with E-state index >= 15 is 0 Å². The summed E-state index contributed by atoms with van der Waals surface area (Å²) in [6.07, 6.45) is 3.78. The third-order valence-corrected chi connectivity index (χ3v) is 21.6. The van der Waals surface area contributed by atoms with E-state index in [2.05, 4.69) is 86.5 Å². The first-order valence-electron chi connectivity index (χ1n) is 26.9. The second-order valence-electron chi connectivity index (χ2n) is 17.6. The topological polar surface area (TPSA) is 286 Å². The van der Waals surface area contributed by atoms with Crippen LogP contribution in [0.15, 0.2) is 98.7 Å². The smallest absolute Gasteiger partial charge is 0.481 e. The van der Waals surface area contributed by atoms with Crippen molar-refractivity contribution in [2.24, 2.45) is 0 Å². The molecule has 0 aliphatic carbocycles. The third kappa shape index (κ3) is 61.9. The molecule has 0 aromatic rings. The quantitative estimate of drug-likeness (QED) is 0.0129. The summed E-state index contributed by atoms with van der Waals surface area (Å²) in [6.45, 7) is 54.2. The Morgan fingerprint density at radius 3 is 0.786 bits per heavy atom. The van der Waals surface area contributed by atoms with E-state index in [1.807, 2.05) is 34.6 Å². The molecule has 0 aromatic heterocycles. The van der Waals surface area contributed by atoms with Crippen molar-refractivity contribution in [1.82, 2.24) is 0 Å². The van der Waals surface area contributed by atoms with Gasteiger partial charge in [-0.3, -0.25) is 0 Å². The summed E-state index contributed by atoms with van der Waals surface area (Å²) in [5.74, 6) is -4.55. The van der Waals surface area contributed by atoms with Crippen LogP contribution in [-0.2, 0) is 96.9 Å². The molecule has 0 saturated carbocycles.